The molecule has 0 aliphatic carbocycles. The Labute approximate surface area is 163 Å². The van der Waals surface area contributed by atoms with E-state index in [2.05, 4.69) is 22.2 Å². The number of carbonyl (C=O) groups is 1. The Morgan fingerprint density at radius 3 is 2.64 bits per heavy atom. The smallest absolute Gasteiger partial charge is 0.253 e. The number of likely N-dealkylation sites (N-methyl/N-ethyl adjacent to an activating group) is 1. The number of aromatic nitrogens is 3. The molecular weight excluding hydrogens is 354 g/mol. The molecule has 1 N–H and O–H groups in total. The van der Waals surface area contributed by atoms with E-state index in [0.717, 1.165) is 42.8 Å². The molecule has 0 spiro atoms. The molecule has 2 aromatic heterocycles. The van der Waals surface area contributed by atoms with Gasteiger partial charge >= 0.3 is 0 Å². The normalized spacial score (nSPS) is 25.1. The fourth-order valence-electron chi connectivity index (χ4n) is 4.61. The first-order valence-corrected chi connectivity index (χ1v) is 9.79. The van der Waals surface area contributed by atoms with Gasteiger partial charge in [0.25, 0.3) is 5.91 Å². The second-order valence-electron chi connectivity index (χ2n) is 7.95. The van der Waals surface area contributed by atoms with Gasteiger partial charge in [-0.05, 0) is 26.0 Å². The molecule has 1 unspecified atom stereocenters. The molecule has 1 amide bonds. The highest BCUT2D eigenvalue weighted by molar-refractivity contribution is 6.07. The Balaban J connectivity index is 1.45. The van der Waals surface area contributed by atoms with Crippen LogP contribution in [0.2, 0.25) is 0 Å². The van der Waals surface area contributed by atoms with Crippen molar-refractivity contribution in [3.8, 4) is 5.82 Å². The van der Waals surface area contributed by atoms with Crippen LogP contribution in [0.3, 0.4) is 0 Å². The molecule has 3 aromatic rings. The van der Waals surface area contributed by atoms with Gasteiger partial charge < -0.3 is 19.2 Å². The van der Waals surface area contributed by atoms with Crippen LogP contribution in [-0.2, 0) is 11.8 Å². The molecule has 0 radical (unpaired) electrons. The molecule has 2 aliphatic rings. The molecule has 2 fully saturated rings. The third kappa shape index (κ3) is 2.82. The van der Waals surface area contributed by atoms with Gasteiger partial charge in [-0.15, -0.1) is 0 Å². The van der Waals surface area contributed by atoms with E-state index >= 15 is 0 Å². The molecule has 4 heterocycles. The van der Waals surface area contributed by atoms with Crippen LogP contribution in [0.4, 0.5) is 0 Å². The molecule has 1 aromatic carbocycles. The van der Waals surface area contributed by atoms with Crippen LogP contribution in [0, 0.1) is 0 Å². The minimum absolute atomic E-state index is 0.00865. The fourth-order valence-corrected chi connectivity index (χ4v) is 4.61. The van der Waals surface area contributed by atoms with Gasteiger partial charge in [-0.2, -0.15) is 0 Å². The van der Waals surface area contributed by atoms with Gasteiger partial charge in [0.2, 0.25) is 0 Å². The number of aryl methyl sites for hydroxylation is 1. The Morgan fingerprint density at radius 2 is 1.93 bits per heavy atom. The van der Waals surface area contributed by atoms with E-state index < -0.39 is 0 Å². The molecule has 2 saturated heterocycles. The van der Waals surface area contributed by atoms with Crippen LogP contribution in [0.25, 0.3) is 16.7 Å². The van der Waals surface area contributed by atoms with Gasteiger partial charge in [-0.1, -0.05) is 18.2 Å². The summed E-state index contributed by atoms with van der Waals surface area (Å²) in [6, 6.07) is 8.97. The highest BCUT2D eigenvalue weighted by Gasteiger charge is 2.37. The van der Waals surface area contributed by atoms with E-state index in [4.69, 9.17) is 4.74 Å². The fraction of sp³-hybridized carbons (Fsp3) is 0.429. The maximum absolute atomic E-state index is 13.2. The summed E-state index contributed by atoms with van der Waals surface area (Å²) < 4.78 is 9.68. The molecule has 3 atom stereocenters. The maximum Gasteiger partial charge on any atom is 0.253 e. The minimum atomic E-state index is -0.00865. The van der Waals surface area contributed by atoms with Crippen molar-refractivity contribution >= 4 is 16.8 Å². The lowest BCUT2D eigenvalue weighted by molar-refractivity contribution is -0.0670. The average Bonchev–Trinajstić information content (AvgIpc) is 3.26. The van der Waals surface area contributed by atoms with Crippen LogP contribution < -0.4 is 5.32 Å². The van der Waals surface area contributed by atoms with Crippen LogP contribution in [-0.4, -0.2) is 63.3 Å². The third-order valence-corrected chi connectivity index (χ3v) is 6.22. The van der Waals surface area contributed by atoms with Gasteiger partial charge in [-0.3, -0.25) is 9.69 Å². The summed E-state index contributed by atoms with van der Waals surface area (Å²) in [5.41, 5.74) is 1.71. The van der Waals surface area contributed by atoms with Crippen molar-refractivity contribution in [3.63, 3.8) is 0 Å². The van der Waals surface area contributed by atoms with Crippen LogP contribution in [0.5, 0.6) is 0 Å². The van der Waals surface area contributed by atoms with E-state index in [1.165, 1.54) is 0 Å². The molecule has 7 nitrogen and oxygen atoms in total. The first kappa shape index (κ1) is 17.5. The third-order valence-electron chi connectivity index (χ3n) is 6.22. The summed E-state index contributed by atoms with van der Waals surface area (Å²) in [7, 11) is 4.12. The predicted molar refractivity (Wildman–Crippen MR) is 107 cm³/mol. The zero-order valence-corrected chi connectivity index (χ0v) is 16.2. The largest absolute Gasteiger partial charge is 0.378 e. The van der Waals surface area contributed by atoms with Crippen molar-refractivity contribution in [2.75, 3.05) is 20.3 Å². The van der Waals surface area contributed by atoms with Crippen molar-refractivity contribution in [2.24, 2.45) is 7.05 Å². The number of ether oxygens (including phenoxy) is 1. The van der Waals surface area contributed by atoms with E-state index in [9.17, 15) is 4.79 Å². The molecule has 5 rings (SSSR count). The molecule has 2 bridgehead atoms. The number of imidazole rings is 1. The SMILES string of the molecule is CN1[C@@H]2COC[C@H]1CC(NC(=O)c1cn(-c3cncn3C)c3ccccc13)C2. The zero-order valence-electron chi connectivity index (χ0n) is 16.2. The summed E-state index contributed by atoms with van der Waals surface area (Å²) in [5.74, 6) is 0.923. The van der Waals surface area contributed by atoms with Crippen molar-refractivity contribution in [3.05, 3.63) is 48.5 Å². The van der Waals surface area contributed by atoms with E-state index in [0.29, 0.717) is 17.6 Å². The Kier molecular flexibility index (Phi) is 4.21. The molecular formula is C21H25N5O2. The van der Waals surface area contributed by atoms with Crippen molar-refractivity contribution in [2.45, 2.75) is 31.0 Å². The summed E-state index contributed by atoms with van der Waals surface area (Å²) in [5, 5.41) is 4.25. The quantitative estimate of drug-likeness (QED) is 0.756. The van der Waals surface area contributed by atoms with Crippen LogP contribution in [0.1, 0.15) is 23.2 Å². The van der Waals surface area contributed by atoms with Crippen LogP contribution in [0.15, 0.2) is 43.0 Å². The highest BCUT2D eigenvalue weighted by Crippen LogP contribution is 2.28. The Hall–Kier alpha value is -2.64. The summed E-state index contributed by atoms with van der Waals surface area (Å²) in [6.07, 6.45) is 7.36. The lowest BCUT2D eigenvalue weighted by atomic mass is 9.90. The average molecular weight is 379 g/mol. The summed E-state index contributed by atoms with van der Waals surface area (Å²) in [6.45, 7) is 1.50. The first-order chi connectivity index (χ1) is 13.6. The Morgan fingerprint density at radius 1 is 1.18 bits per heavy atom. The first-order valence-electron chi connectivity index (χ1n) is 9.79. The topological polar surface area (TPSA) is 64.3 Å². The van der Waals surface area contributed by atoms with Gasteiger partial charge in [0.05, 0.1) is 36.8 Å². The molecule has 7 heteroatoms. The number of fused-ring (bicyclic) bond motifs is 3. The predicted octanol–water partition coefficient (Wildman–Crippen LogP) is 1.96. The van der Waals surface area contributed by atoms with Gasteiger partial charge in [-0.25, -0.2) is 4.98 Å². The lowest BCUT2D eigenvalue weighted by Crippen LogP contribution is -2.59. The number of carbonyl (C=O) groups excluding carboxylic acids is 1. The van der Waals surface area contributed by atoms with Crippen molar-refractivity contribution in [1.82, 2.24) is 24.3 Å². The number of amides is 1. The van der Waals surface area contributed by atoms with E-state index in [-0.39, 0.29) is 11.9 Å². The molecule has 2 aliphatic heterocycles. The van der Waals surface area contributed by atoms with E-state index in [1.807, 2.05) is 52.8 Å². The Bertz CT molecular complexity index is 1010. The molecule has 0 saturated carbocycles. The number of para-hydroxylation sites is 1. The number of hydrogen-bond acceptors (Lipinski definition) is 4. The second-order valence-corrected chi connectivity index (χ2v) is 7.95. The number of piperidine rings is 1. The number of nitrogens with zero attached hydrogens (tertiary/aromatic N) is 4. The molecule has 28 heavy (non-hydrogen) atoms. The summed E-state index contributed by atoms with van der Waals surface area (Å²) >= 11 is 0. The summed E-state index contributed by atoms with van der Waals surface area (Å²) in [4.78, 5) is 19.8. The second kappa shape index (κ2) is 6.76. The number of morpholine rings is 1. The highest BCUT2D eigenvalue weighted by atomic mass is 16.5. The maximum atomic E-state index is 13.2. The van der Waals surface area contributed by atoms with Crippen molar-refractivity contribution < 1.29 is 9.53 Å². The number of hydrogen-bond donors (Lipinski definition) is 1. The monoisotopic (exact) mass is 379 g/mol. The van der Waals surface area contributed by atoms with E-state index in [1.54, 1.807) is 6.33 Å². The van der Waals surface area contributed by atoms with Crippen LogP contribution >= 0.6 is 0 Å². The number of benzene rings is 1. The van der Waals surface area contributed by atoms with Gasteiger partial charge in [0.15, 0.2) is 0 Å². The number of nitrogens with one attached hydrogen (secondary N) is 1. The zero-order chi connectivity index (χ0) is 19.3. The van der Waals surface area contributed by atoms with Gasteiger partial charge in [0, 0.05) is 36.8 Å². The minimum Gasteiger partial charge on any atom is -0.378 e. The van der Waals surface area contributed by atoms with Gasteiger partial charge in [0.1, 0.15) is 5.82 Å². The van der Waals surface area contributed by atoms with Crippen molar-refractivity contribution in [1.29, 1.82) is 0 Å². The molecule has 146 valence electrons. The lowest BCUT2D eigenvalue weighted by Gasteiger charge is -2.46. The number of rotatable bonds is 3. The standard InChI is InChI=1S/C21H25N5O2/c1-24-13-22-9-20(24)26-10-18(17-5-3-4-6-19(17)26)21(27)23-14-7-15-11-28-12-16(8-14)25(15)2/h3-6,9-10,13-16H,7-8,11-12H2,1-2H3,(H,23,27)/t14?,15-,16+.